The maximum absolute atomic E-state index is 2.54. The van der Waals surface area contributed by atoms with Crippen LogP contribution in [-0.2, 0) is 0 Å². The van der Waals surface area contributed by atoms with E-state index in [1.54, 1.807) is 26.5 Å². The molecule has 6 aromatic rings. The molecule has 6 atom stereocenters. The van der Waals surface area contributed by atoms with Crippen molar-refractivity contribution in [2.75, 3.05) is 12.3 Å². The van der Waals surface area contributed by atoms with Gasteiger partial charge >= 0.3 is 0 Å². The van der Waals surface area contributed by atoms with Crippen molar-refractivity contribution in [1.82, 2.24) is 0 Å². The molecule has 0 spiro atoms. The van der Waals surface area contributed by atoms with E-state index >= 15 is 0 Å². The van der Waals surface area contributed by atoms with Crippen LogP contribution in [-0.4, -0.2) is 12.3 Å². The van der Waals surface area contributed by atoms with Gasteiger partial charge in [-0.1, -0.05) is 236 Å². The summed E-state index contributed by atoms with van der Waals surface area (Å²) in [5, 5.41) is 8.08. The lowest BCUT2D eigenvalue weighted by molar-refractivity contribution is 0.563. The van der Waals surface area contributed by atoms with E-state index < -0.39 is 36.8 Å². The topological polar surface area (TPSA) is 0 Å². The molecule has 0 amide bonds. The number of hydrogen-bond acceptors (Lipinski definition) is 0. The molecule has 6 unspecified atom stereocenters. The predicted octanol–water partition coefficient (Wildman–Crippen LogP) is 14.9. The highest BCUT2D eigenvalue weighted by Crippen LogP contribution is 3.03. The van der Waals surface area contributed by atoms with Gasteiger partial charge in [0.2, 0.25) is 0 Å². The van der Waals surface area contributed by atoms with Gasteiger partial charge in [-0.25, -0.2) is 0 Å². The lowest BCUT2D eigenvalue weighted by Gasteiger charge is -2.43. The average Bonchev–Trinajstić information content (AvgIpc) is 3.25. The summed E-state index contributed by atoms with van der Waals surface area (Å²) in [4.78, 5) is 0. The molecule has 1 aliphatic rings. The zero-order chi connectivity index (χ0) is 36.6. The van der Waals surface area contributed by atoms with Crippen LogP contribution in [0.25, 0.3) is 11.1 Å². The first-order chi connectivity index (χ1) is 26.9. The quantitative estimate of drug-likeness (QED) is 0.147. The molecule has 1 aliphatic heterocycles. The van der Waals surface area contributed by atoms with E-state index in [4.69, 9.17) is 0 Å². The van der Waals surface area contributed by atoms with Gasteiger partial charge in [0.15, 0.2) is 0 Å². The van der Waals surface area contributed by atoms with Crippen LogP contribution in [0.4, 0.5) is 0 Å². The molecule has 1 heterocycles. The zero-order valence-corrected chi connectivity index (χ0v) is 36.9. The van der Waals surface area contributed by atoms with Gasteiger partial charge in [0.1, 0.15) is 0 Å². The largest absolute Gasteiger partial charge is 0.0862 e. The molecule has 6 aromatic carbocycles. The van der Waals surface area contributed by atoms with E-state index in [0.29, 0.717) is 0 Å². The second-order valence-electron chi connectivity index (χ2n) is 14.0. The number of hydrogen-bond donors (Lipinski definition) is 0. The molecule has 7 rings (SSSR count). The third-order valence-corrected chi connectivity index (χ3v) is 47.5. The van der Waals surface area contributed by atoms with Crippen LogP contribution in [0.3, 0.4) is 0 Å². The van der Waals surface area contributed by atoms with Crippen molar-refractivity contribution in [2.24, 2.45) is 0 Å². The molecule has 0 bridgehead atoms. The lowest BCUT2D eigenvalue weighted by atomic mass is 10.1. The van der Waals surface area contributed by atoms with E-state index in [0.717, 1.165) is 8.27 Å². The maximum atomic E-state index is 2.54. The normalized spacial score (nSPS) is 22.9. The van der Waals surface area contributed by atoms with Crippen molar-refractivity contribution in [3.63, 3.8) is 0 Å². The Morgan fingerprint density at radius 3 is 1.20 bits per heavy atom. The summed E-state index contributed by atoms with van der Waals surface area (Å²) in [6.45, 7) is 0. The van der Waals surface area contributed by atoms with Crippen molar-refractivity contribution in [3.8, 4) is 11.1 Å². The Kier molecular flexibility index (Phi) is 16.3. The van der Waals surface area contributed by atoms with E-state index in [1.807, 2.05) is 0 Å². The summed E-state index contributed by atoms with van der Waals surface area (Å²) >= 11 is 0. The van der Waals surface area contributed by atoms with Crippen molar-refractivity contribution in [2.45, 2.75) is 64.2 Å². The molecule has 0 nitrogen and oxygen atoms in total. The van der Waals surface area contributed by atoms with Crippen molar-refractivity contribution in [1.29, 1.82) is 0 Å². The van der Waals surface area contributed by atoms with Crippen molar-refractivity contribution < 1.29 is 0 Å². The fourth-order valence-corrected chi connectivity index (χ4v) is 58.8. The number of rotatable bonds is 6. The minimum Gasteiger partial charge on any atom is -0.0862 e. The SMILES string of the molecule is c1ccc(-c2ccc(P3CCCCCCCCCCCCPP(c4ccccc4)P(c4ccccc4)P(c4ccccc4)P3c3ccccc3)cc2)cc1. The van der Waals surface area contributed by atoms with Gasteiger partial charge in [-0.3, -0.25) is 0 Å². The molecule has 0 N–H and O–H groups in total. The second kappa shape index (κ2) is 22.0. The van der Waals surface area contributed by atoms with Crippen LogP contribution >= 0.6 is 45.1 Å². The standard InChI is InChI=1S/C48H54P6/c1-2-4-6-8-25-41-50(44-38-36-43(37-39-44)42-26-14-9-15-27-42)52(46-30-18-11-19-31-46)54(48-34-22-13-23-35-48)53(47-32-20-12-21-33-47)51(45-28-16-10-17-29-45)49-40-24-7-5-3-1/h9-23,26-39,49H,1-8,24-25,40-41H2. The van der Waals surface area contributed by atoms with E-state index in [2.05, 4.69) is 176 Å². The van der Waals surface area contributed by atoms with Gasteiger partial charge in [-0.05, 0) is 99.6 Å². The summed E-state index contributed by atoms with van der Waals surface area (Å²) in [6, 6.07) is 68.6. The summed E-state index contributed by atoms with van der Waals surface area (Å²) in [7, 11) is -1.48. The molecular formula is C48H54P6. The summed E-state index contributed by atoms with van der Waals surface area (Å²) in [5.41, 5.74) is 2.63. The molecule has 1 saturated heterocycles. The Bertz CT molecular complexity index is 1910. The van der Waals surface area contributed by atoms with Crippen molar-refractivity contribution in [3.05, 3.63) is 176 Å². The van der Waals surface area contributed by atoms with Gasteiger partial charge in [0.25, 0.3) is 0 Å². The van der Waals surface area contributed by atoms with Crippen molar-refractivity contribution >= 4 is 71.6 Å². The molecule has 54 heavy (non-hydrogen) atoms. The Hall–Kier alpha value is -2.10. The molecule has 0 aliphatic carbocycles. The molecule has 1 fully saturated rings. The minimum absolute atomic E-state index is 0.392. The van der Waals surface area contributed by atoms with Gasteiger partial charge in [-0.15, -0.1) is 0 Å². The van der Waals surface area contributed by atoms with Gasteiger partial charge < -0.3 is 0 Å². The summed E-state index contributed by atoms with van der Waals surface area (Å²) in [5.74, 6) is 0. The number of benzene rings is 6. The summed E-state index contributed by atoms with van der Waals surface area (Å²) in [6.07, 6.45) is 16.6. The first-order valence-corrected chi connectivity index (χ1v) is 31.7. The van der Waals surface area contributed by atoms with E-state index in [-0.39, 0.29) is 0 Å². The summed E-state index contributed by atoms with van der Waals surface area (Å²) < 4.78 is 0. The third-order valence-electron chi connectivity index (χ3n) is 10.1. The Morgan fingerprint density at radius 1 is 0.296 bits per heavy atom. The highest BCUT2D eigenvalue weighted by atomic mass is 32.8. The molecule has 0 saturated carbocycles. The maximum Gasteiger partial charge on any atom is -0.00602 e. The monoisotopic (exact) mass is 816 g/mol. The molecular weight excluding hydrogens is 762 g/mol. The Morgan fingerprint density at radius 2 is 0.685 bits per heavy atom. The Labute approximate surface area is 333 Å². The van der Waals surface area contributed by atoms with E-state index in [1.165, 1.54) is 87.7 Å². The minimum atomic E-state index is -0.559. The second-order valence-corrected chi connectivity index (χ2v) is 37.1. The van der Waals surface area contributed by atoms with E-state index in [9.17, 15) is 0 Å². The lowest BCUT2D eigenvalue weighted by Crippen LogP contribution is -2.13. The van der Waals surface area contributed by atoms with Crippen LogP contribution in [0.2, 0.25) is 0 Å². The highest BCUT2D eigenvalue weighted by molar-refractivity contribution is 8.95. The average molecular weight is 817 g/mol. The molecule has 0 radical (unpaired) electrons. The molecule has 6 heteroatoms. The van der Waals surface area contributed by atoms with Crippen LogP contribution in [0.1, 0.15) is 64.2 Å². The van der Waals surface area contributed by atoms with Gasteiger partial charge in [-0.2, -0.15) is 0 Å². The predicted molar refractivity (Wildman–Crippen MR) is 255 cm³/mol. The first kappa shape index (κ1) is 40.1. The molecule has 0 aromatic heterocycles. The third kappa shape index (κ3) is 11.1. The zero-order valence-electron chi connectivity index (χ0n) is 31.5. The van der Waals surface area contributed by atoms with Crippen LogP contribution in [0.15, 0.2) is 176 Å². The molecule has 276 valence electrons. The van der Waals surface area contributed by atoms with Gasteiger partial charge in [0.05, 0.1) is 0 Å². The van der Waals surface area contributed by atoms with Crippen LogP contribution < -0.4 is 26.5 Å². The fraction of sp³-hybridized carbons (Fsp3) is 0.250. The fourth-order valence-electron chi connectivity index (χ4n) is 7.26. The van der Waals surface area contributed by atoms with Crippen LogP contribution in [0, 0.1) is 0 Å². The smallest absolute Gasteiger partial charge is 0.00602 e. The highest BCUT2D eigenvalue weighted by Gasteiger charge is 2.41. The first-order valence-electron chi connectivity index (χ1n) is 19.9. The Balaban J connectivity index is 1.43. The van der Waals surface area contributed by atoms with Gasteiger partial charge in [0, 0.05) is 0 Å². The van der Waals surface area contributed by atoms with Crippen LogP contribution in [0.5, 0.6) is 0 Å².